The van der Waals surface area contributed by atoms with Gasteiger partial charge in [-0.25, -0.2) is 0 Å². The van der Waals surface area contributed by atoms with Crippen molar-refractivity contribution in [1.29, 1.82) is 0 Å². The summed E-state index contributed by atoms with van der Waals surface area (Å²) in [6, 6.07) is 2.00. The topological polar surface area (TPSA) is 43.8 Å². The van der Waals surface area contributed by atoms with Crippen LogP contribution in [0.1, 0.15) is 37.8 Å². The van der Waals surface area contributed by atoms with Crippen molar-refractivity contribution in [1.82, 2.24) is 9.78 Å². The van der Waals surface area contributed by atoms with Crippen LogP contribution in [-0.4, -0.2) is 9.78 Å². The molecule has 4 aliphatic rings. The summed E-state index contributed by atoms with van der Waals surface area (Å²) in [6.07, 6.45) is 7.51. The number of aryl methyl sites for hydroxylation is 1. The molecule has 0 aromatic carbocycles. The van der Waals surface area contributed by atoms with Crippen LogP contribution >= 0.6 is 0 Å². The van der Waals surface area contributed by atoms with E-state index in [-0.39, 0.29) is 0 Å². The molecule has 0 saturated heterocycles. The molecular formula is C15H23N3. The van der Waals surface area contributed by atoms with Crippen LogP contribution in [0, 0.1) is 36.5 Å². The Morgan fingerprint density at radius 3 is 2.28 bits per heavy atom. The fourth-order valence-corrected chi connectivity index (χ4v) is 5.26. The maximum absolute atomic E-state index is 5.80. The molecule has 0 atom stereocenters. The Labute approximate surface area is 109 Å². The summed E-state index contributed by atoms with van der Waals surface area (Å²) in [4.78, 5) is 0. The minimum Gasteiger partial charge on any atom is -0.382 e. The van der Waals surface area contributed by atoms with E-state index in [9.17, 15) is 0 Å². The van der Waals surface area contributed by atoms with Crippen molar-refractivity contribution in [2.24, 2.45) is 29.6 Å². The number of hydrogen-bond donors (Lipinski definition) is 1. The van der Waals surface area contributed by atoms with Crippen LogP contribution in [0.15, 0.2) is 6.07 Å². The Hall–Kier alpha value is -0.990. The Morgan fingerprint density at radius 2 is 1.78 bits per heavy atom. The largest absolute Gasteiger partial charge is 0.382 e. The molecule has 0 amide bonds. The zero-order valence-corrected chi connectivity index (χ0v) is 11.2. The molecular weight excluding hydrogens is 222 g/mol. The van der Waals surface area contributed by atoms with Crippen molar-refractivity contribution in [3.63, 3.8) is 0 Å². The molecule has 4 bridgehead atoms. The highest BCUT2D eigenvalue weighted by atomic mass is 15.3. The van der Waals surface area contributed by atoms with E-state index >= 15 is 0 Å². The van der Waals surface area contributed by atoms with E-state index in [0.29, 0.717) is 5.82 Å². The van der Waals surface area contributed by atoms with Crippen LogP contribution < -0.4 is 5.73 Å². The molecule has 1 aromatic heterocycles. The second-order valence-electron chi connectivity index (χ2n) is 6.99. The normalized spacial score (nSPS) is 41.5. The lowest BCUT2D eigenvalue weighted by molar-refractivity contribution is -0.0444. The second kappa shape index (κ2) is 3.75. The average Bonchev–Trinajstić information content (AvgIpc) is 2.61. The molecule has 1 aromatic rings. The van der Waals surface area contributed by atoms with Crippen molar-refractivity contribution in [3.05, 3.63) is 11.8 Å². The van der Waals surface area contributed by atoms with Gasteiger partial charge < -0.3 is 5.73 Å². The molecule has 4 saturated carbocycles. The minimum absolute atomic E-state index is 0.677. The quantitative estimate of drug-likeness (QED) is 0.870. The Bertz CT molecular complexity index is 434. The number of hydrogen-bond acceptors (Lipinski definition) is 2. The summed E-state index contributed by atoms with van der Waals surface area (Å²) in [5.41, 5.74) is 7.02. The predicted octanol–water partition coefficient (Wildman–Crippen LogP) is 2.85. The van der Waals surface area contributed by atoms with E-state index in [0.717, 1.165) is 36.1 Å². The van der Waals surface area contributed by atoms with Gasteiger partial charge in [0.2, 0.25) is 0 Å². The summed E-state index contributed by atoms with van der Waals surface area (Å²) >= 11 is 0. The fourth-order valence-electron chi connectivity index (χ4n) is 5.26. The standard InChI is InChI=1S/C15H23N3/c1-9-2-15(16)17-18(9)8-14-12-4-10-3-11(6-12)7-13(14)5-10/h2,10-14H,3-8H2,1H3,(H2,16,17). The van der Waals surface area contributed by atoms with Crippen molar-refractivity contribution in [2.45, 2.75) is 45.6 Å². The summed E-state index contributed by atoms with van der Waals surface area (Å²) in [5, 5.41) is 4.46. The first kappa shape index (κ1) is 10.9. The molecule has 5 rings (SSSR count). The zero-order valence-electron chi connectivity index (χ0n) is 11.2. The van der Waals surface area contributed by atoms with Gasteiger partial charge in [0.1, 0.15) is 5.82 Å². The van der Waals surface area contributed by atoms with Gasteiger partial charge >= 0.3 is 0 Å². The monoisotopic (exact) mass is 245 g/mol. The van der Waals surface area contributed by atoms with Crippen LogP contribution in [0.5, 0.6) is 0 Å². The number of nitrogens with two attached hydrogens (primary N) is 1. The summed E-state index contributed by atoms with van der Waals surface area (Å²) < 4.78 is 2.16. The highest BCUT2D eigenvalue weighted by Crippen LogP contribution is 2.56. The summed E-state index contributed by atoms with van der Waals surface area (Å²) in [6.45, 7) is 3.23. The van der Waals surface area contributed by atoms with E-state index in [1.54, 1.807) is 0 Å². The van der Waals surface area contributed by atoms with Crippen LogP contribution in [-0.2, 0) is 6.54 Å². The van der Waals surface area contributed by atoms with Crippen LogP contribution in [0.3, 0.4) is 0 Å². The van der Waals surface area contributed by atoms with E-state index in [1.165, 1.54) is 37.8 Å². The van der Waals surface area contributed by atoms with E-state index in [2.05, 4.69) is 16.7 Å². The SMILES string of the molecule is Cc1cc(N)nn1CC1C2CC3CC(C2)CC1C3. The molecule has 0 radical (unpaired) electrons. The van der Waals surface area contributed by atoms with Gasteiger partial charge in [-0.05, 0) is 68.6 Å². The molecule has 0 unspecified atom stereocenters. The van der Waals surface area contributed by atoms with Gasteiger partial charge in [0.15, 0.2) is 0 Å². The summed E-state index contributed by atoms with van der Waals surface area (Å²) in [7, 11) is 0. The van der Waals surface area contributed by atoms with Gasteiger partial charge in [-0.2, -0.15) is 5.10 Å². The van der Waals surface area contributed by atoms with E-state index in [1.807, 2.05) is 6.07 Å². The maximum atomic E-state index is 5.80. The lowest BCUT2D eigenvalue weighted by atomic mass is 9.52. The predicted molar refractivity (Wildman–Crippen MR) is 71.9 cm³/mol. The number of anilines is 1. The number of aromatic nitrogens is 2. The Kier molecular flexibility index (Phi) is 2.27. The fraction of sp³-hybridized carbons (Fsp3) is 0.800. The Morgan fingerprint density at radius 1 is 1.17 bits per heavy atom. The molecule has 98 valence electrons. The van der Waals surface area contributed by atoms with Gasteiger partial charge in [0, 0.05) is 18.3 Å². The van der Waals surface area contributed by atoms with Gasteiger partial charge in [-0.3, -0.25) is 4.68 Å². The molecule has 0 spiro atoms. The number of nitrogen functional groups attached to an aromatic ring is 1. The highest BCUT2D eigenvalue weighted by molar-refractivity contribution is 5.28. The highest BCUT2D eigenvalue weighted by Gasteiger charge is 2.48. The lowest BCUT2D eigenvalue weighted by Crippen LogP contribution is -2.46. The summed E-state index contributed by atoms with van der Waals surface area (Å²) in [5.74, 6) is 5.63. The van der Waals surface area contributed by atoms with Crippen molar-refractivity contribution < 1.29 is 0 Å². The lowest BCUT2D eigenvalue weighted by Gasteiger charge is -2.54. The first-order valence-electron chi connectivity index (χ1n) is 7.49. The van der Waals surface area contributed by atoms with E-state index in [4.69, 9.17) is 5.73 Å². The first-order chi connectivity index (χ1) is 8.69. The van der Waals surface area contributed by atoms with Gasteiger partial charge in [0.05, 0.1) is 0 Å². The molecule has 4 aliphatic carbocycles. The van der Waals surface area contributed by atoms with Crippen molar-refractivity contribution in [2.75, 3.05) is 5.73 Å². The molecule has 2 N–H and O–H groups in total. The van der Waals surface area contributed by atoms with E-state index < -0.39 is 0 Å². The third-order valence-corrected chi connectivity index (χ3v) is 5.81. The minimum atomic E-state index is 0.677. The first-order valence-corrected chi connectivity index (χ1v) is 7.49. The molecule has 4 fully saturated rings. The second-order valence-corrected chi connectivity index (χ2v) is 6.99. The third-order valence-electron chi connectivity index (χ3n) is 5.81. The average molecular weight is 245 g/mol. The maximum Gasteiger partial charge on any atom is 0.145 e. The smallest absolute Gasteiger partial charge is 0.145 e. The third kappa shape index (κ3) is 1.59. The van der Waals surface area contributed by atoms with Crippen LogP contribution in [0.2, 0.25) is 0 Å². The number of rotatable bonds is 2. The Balaban J connectivity index is 1.57. The van der Waals surface area contributed by atoms with Crippen LogP contribution in [0.25, 0.3) is 0 Å². The molecule has 18 heavy (non-hydrogen) atoms. The number of nitrogens with zero attached hydrogens (tertiary/aromatic N) is 2. The van der Waals surface area contributed by atoms with Gasteiger partial charge in [-0.15, -0.1) is 0 Å². The molecule has 1 heterocycles. The van der Waals surface area contributed by atoms with Crippen molar-refractivity contribution in [3.8, 4) is 0 Å². The molecule has 3 nitrogen and oxygen atoms in total. The zero-order chi connectivity index (χ0) is 12.3. The molecule has 0 aliphatic heterocycles. The molecule has 3 heteroatoms. The van der Waals surface area contributed by atoms with Crippen molar-refractivity contribution >= 4 is 5.82 Å². The van der Waals surface area contributed by atoms with Gasteiger partial charge in [0.25, 0.3) is 0 Å². The van der Waals surface area contributed by atoms with Gasteiger partial charge in [-0.1, -0.05) is 0 Å². The van der Waals surface area contributed by atoms with Crippen LogP contribution in [0.4, 0.5) is 5.82 Å².